The van der Waals surface area contributed by atoms with E-state index in [0.29, 0.717) is 5.54 Å². The Morgan fingerprint density at radius 2 is 2.00 bits per heavy atom. The smallest absolute Gasteiger partial charge is 0.0235 e. The maximum Gasteiger partial charge on any atom is 0.0235 e. The fraction of sp³-hybridized carbons (Fsp3) is 1.00. The van der Waals surface area contributed by atoms with Crippen LogP contribution in [0.3, 0.4) is 0 Å². The quantitative estimate of drug-likeness (QED) is 0.760. The highest BCUT2D eigenvalue weighted by molar-refractivity contribution is 4.93. The Kier molecular flexibility index (Phi) is 3.57. The second-order valence-electron chi connectivity index (χ2n) is 6.33. The molecule has 0 spiro atoms. The molecule has 1 N–H and O–H groups in total. The van der Waals surface area contributed by atoms with Crippen LogP contribution in [0, 0.1) is 0 Å². The zero-order chi connectivity index (χ0) is 11.8. The van der Waals surface area contributed by atoms with Crippen LogP contribution in [-0.2, 0) is 0 Å². The van der Waals surface area contributed by atoms with Crippen LogP contribution in [0.2, 0.25) is 0 Å². The van der Waals surface area contributed by atoms with Crippen LogP contribution in [0.5, 0.6) is 0 Å². The molecule has 2 saturated heterocycles. The lowest BCUT2D eigenvalue weighted by Crippen LogP contribution is -2.54. The van der Waals surface area contributed by atoms with Crippen molar-refractivity contribution in [3.05, 3.63) is 0 Å². The van der Waals surface area contributed by atoms with Gasteiger partial charge in [-0.3, -0.25) is 4.90 Å². The summed E-state index contributed by atoms with van der Waals surface area (Å²) in [6.45, 7) is 8.34. The molecule has 2 aliphatic rings. The average Bonchev–Trinajstić information content (AvgIpc) is 2.62. The van der Waals surface area contributed by atoms with Crippen molar-refractivity contribution in [1.29, 1.82) is 0 Å². The van der Waals surface area contributed by atoms with Gasteiger partial charge in [-0.25, -0.2) is 0 Å². The molecule has 2 rings (SSSR count). The second kappa shape index (κ2) is 4.63. The van der Waals surface area contributed by atoms with Gasteiger partial charge in [0.05, 0.1) is 0 Å². The van der Waals surface area contributed by atoms with E-state index in [1.807, 2.05) is 0 Å². The molecule has 2 atom stereocenters. The van der Waals surface area contributed by atoms with Crippen LogP contribution in [0.15, 0.2) is 0 Å². The summed E-state index contributed by atoms with van der Waals surface area (Å²) >= 11 is 0. The van der Waals surface area contributed by atoms with Crippen molar-refractivity contribution in [3.8, 4) is 0 Å². The van der Waals surface area contributed by atoms with Crippen molar-refractivity contribution < 1.29 is 0 Å². The van der Waals surface area contributed by atoms with Gasteiger partial charge in [-0.1, -0.05) is 0 Å². The summed E-state index contributed by atoms with van der Waals surface area (Å²) in [6.07, 6.45) is 3.93. The lowest BCUT2D eigenvalue weighted by atomic mass is 9.88. The molecule has 0 aromatic carbocycles. The van der Waals surface area contributed by atoms with Crippen molar-refractivity contribution >= 4 is 0 Å². The van der Waals surface area contributed by atoms with E-state index in [9.17, 15) is 0 Å². The molecule has 0 aromatic rings. The molecule has 0 aromatic heterocycles. The molecule has 3 heteroatoms. The van der Waals surface area contributed by atoms with Gasteiger partial charge in [0, 0.05) is 24.2 Å². The van der Waals surface area contributed by atoms with E-state index in [2.05, 4.69) is 43.1 Å². The van der Waals surface area contributed by atoms with Gasteiger partial charge in [-0.15, -0.1) is 0 Å². The van der Waals surface area contributed by atoms with Gasteiger partial charge in [0.15, 0.2) is 0 Å². The lowest BCUT2D eigenvalue weighted by Gasteiger charge is -2.42. The molecule has 94 valence electrons. The zero-order valence-electron chi connectivity index (χ0n) is 11.3. The van der Waals surface area contributed by atoms with Crippen LogP contribution in [0.1, 0.15) is 33.1 Å². The number of likely N-dealkylation sites (N-methyl/N-ethyl adjacent to an activating group) is 2. The monoisotopic (exact) mass is 225 g/mol. The van der Waals surface area contributed by atoms with E-state index in [4.69, 9.17) is 0 Å². The van der Waals surface area contributed by atoms with Crippen molar-refractivity contribution in [2.75, 3.05) is 33.7 Å². The van der Waals surface area contributed by atoms with Gasteiger partial charge < -0.3 is 10.2 Å². The summed E-state index contributed by atoms with van der Waals surface area (Å²) in [5.74, 6) is 0. The fourth-order valence-corrected chi connectivity index (χ4v) is 3.23. The van der Waals surface area contributed by atoms with Crippen LogP contribution < -0.4 is 5.32 Å². The molecule has 0 saturated carbocycles. The average molecular weight is 225 g/mol. The van der Waals surface area contributed by atoms with Gasteiger partial charge in [0.2, 0.25) is 0 Å². The summed E-state index contributed by atoms with van der Waals surface area (Å²) in [7, 11) is 4.57. The molecular weight excluding hydrogens is 198 g/mol. The Balaban J connectivity index is 1.91. The minimum atomic E-state index is 0.321. The Labute approximate surface area is 100 Å². The standard InChI is InChI=1S/C13H27N3/c1-13(2)9-11(5-7-14-13)16(4)12-6-8-15(3)10-12/h11-12,14H,5-10H2,1-4H3. The molecule has 0 radical (unpaired) electrons. The molecule has 3 nitrogen and oxygen atoms in total. The third kappa shape index (κ3) is 2.76. The molecule has 2 heterocycles. The van der Waals surface area contributed by atoms with Gasteiger partial charge in [-0.05, 0) is 60.3 Å². The predicted molar refractivity (Wildman–Crippen MR) is 68.8 cm³/mol. The number of nitrogens with zero attached hydrogens (tertiary/aromatic N) is 2. The largest absolute Gasteiger partial charge is 0.312 e. The SMILES string of the molecule is CN1CCC(N(C)C2CCNC(C)(C)C2)C1. The van der Waals surface area contributed by atoms with E-state index in [0.717, 1.165) is 12.1 Å². The van der Waals surface area contributed by atoms with Crippen molar-refractivity contribution in [2.45, 2.75) is 50.7 Å². The first kappa shape index (κ1) is 12.3. The maximum absolute atomic E-state index is 3.61. The number of rotatable bonds is 2. The fourth-order valence-electron chi connectivity index (χ4n) is 3.23. The molecule has 2 unspecified atom stereocenters. The summed E-state index contributed by atoms with van der Waals surface area (Å²) in [4.78, 5) is 5.10. The molecule has 2 aliphatic heterocycles. The number of likely N-dealkylation sites (tertiary alicyclic amines) is 1. The summed E-state index contributed by atoms with van der Waals surface area (Å²) in [5, 5.41) is 3.61. The highest BCUT2D eigenvalue weighted by Crippen LogP contribution is 2.25. The number of piperidine rings is 1. The van der Waals surface area contributed by atoms with E-state index in [-0.39, 0.29) is 0 Å². The van der Waals surface area contributed by atoms with Crippen molar-refractivity contribution in [2.24, 2.45) is 0 Å². The summed E-state index contributed by atoms with van der Waals surface area (Å²) in [6, 6.07) is 1.55. The summed E-state index contributed by atoms with van der Waals surface area (Å²) < 4.78 is 0. The molecule has 0 aliphatic carbocycles. The first-order valence-electron chi connectivity index (χ1n) is 6.63. The van der Waals surface area contributed by atoms with Gasteiger partial charge in [-0.2, -0.15) is 0 Å². The van der Waals surface area contributed by atoms with Crippen LogP contribution in [-0.4, -0.2) is 61.2 Å². The zero-order valence-corrected chi connectivity index (χ0v) is 11.3. The molecule has 2 fully saturated rings. The maximum atomic E-state index is 3.61. The van der Waals surface area contributed by atoms with Crippen LogP contribution in [0.4, 0.5) is 0 Å². The van der Waals surface area contributed by atoms with E-state index in [1.165, 1.54) is 38.9 Å². The Morgan fingerprint density at radius 1 is 1.25 bits per heavy atom. The predicted octanol–water partition coefficient (Wildman–Crippen LogP) is 1.15. The Bertz CT molecular complexity index is 239. The van der Waals surface area contributed by atoms with Crippen LogP contribution >= 0.6 is 0 Å². The van der Waals surface area contributed by atoms with Crippen molar-refractivity contribution in [3.63, 3.8) is 0 Å². The van der Waals surface area contributed by atoms with Crippen molar-refractivity contribution in [1.82, 2.24) is 15.1 Å². The van der Waals surface area contributed by atoms with E-state index >= 15 is 0 Å². The van der Waals surface area contributed by atoms with Gasteiger partial charge >= 0.3 is 0 Å². The normalized spacial score (nSPS) is 35.8. The van der Waals surface area contributed by atoms with E-state index < -0.39 is 0 Å². The summed E-state index contributed by atoms with van der Waals surface area (Å²) in [5.41, 5.74) is 0.321. The number of nitrogens with one attached hydrogen (secondary N) is 1. The number of hydrogen-bond acceptors (Lipinski definition) is 3. The lowest BCUT2D eigenvalue weighted by molar-refractivity contribution is 0.108. The molecule has 16 heavy (non-hydrogen) atoms. The second-order valence-corrected chi connectivity index (χ2v) is 6.33. The number of hydrogen-bond donors (Lipinski definition) is 1. The minimum Gasteiger partial charge on any atom is -0.312 e. The molecule has 0 bridgehead atoms. The first-order chi connectivity index (χ1) is 7.48. The highest BCUT2D eigenvalue weighted by atomic mass is 15.2. The third-order valence-electron chi connectivity index (χ3n) is 4.35. The molecule has 0 amide bonds. The topological polar surface area (TPSA) is 18.5 Å². The minimum absolute atomic E-state index is 0.321. The highest BCUT2D eigenvalue weighted by Gasteiger charge is 2.33. The van der Waals surface area contributed by atoms with Crippen LogP contribution in [0.25, 0.3) is 0 Å². The molecular formula is C13H27N3. The first-order valence-corrected chi connectivity index (χ1v) is 6.63. The van der Waals surface area contributed by atoms with Gasteiger partial charge in [0.25, 0.3) is 0 Å². The van der Waals surface area contributed by atoms with Gasteiger partial charge in [0.1, 0.15) is 0 Å². The van der Waals surface area contributed by atoms with E-state index in [1.54, 1.807) is 0 Å². The Hall–Kier alpha value is -0.120. The Morgan fingerprint density at radius 3 is 2.56 bits per heavy atom. The third-order valence-corrected chi connectivity index (χ3v) is 4.35.